The molecule has 74 valence electrons. The van der Waals surface area contributed by atoms with Crippen LogP contribution in [-0.2, 0) is 0 Å². The Balaban J connectivity index is 2.96. The molecule has 0 saturated carbocycles. The fourth-order valence-electron chi connectivity index (χ4n) is 0.650. The van der Waals surface area contributed by atoms with Crippen molar-refractivity contribution in [2.75, 3.05) is 0 Å². The second-order valence-corrected chi connectivity index (χ2v) is 6.35. The van der Waals surface area contributed by atoms with E-state index in [0.29, 0.717) is 8.26 Å². The second-order valence-electron chi connectivity index (χ2n) is 2.17. The molecule has 0 aliphatic heterocycles. The maximum absolute atomic E-state index is 12.2. The number of halogens is 6. The van der Waals surface area contributed by atoms with E-state index in [9.17, 15) is 13.2 Å². The Labute approximate surface area is 102 Å². The van der Waals surface area contributed by atoms with Crippen LogP contribution in [-0.4, -0.2) is 6.18 Å². The number of hydrogen-bond donors (Lipinski definition) is 0. The second kappa shape index (κ2) is 4.20. The first kappa shape index (κ1) is 12.0. The van der Waals surface area contributed by atoms with Crippen molar-refractivity contribution >= 4 is 59.1 Å². The van der Waals surface area contributed by atoms with Crippen molar-refractivity contribution in [1.82, 2.24) is 0 Å². The van der Waals surface area contributed by atoms with E-state index < -0.39 is 11.0 Å². The molecule has 0 nitrogen and oxygen atoms in total. The molecule has 7 heteroatoms. The third-order valence-corrected chi connectivity index (χ3v) is 5.84. The molecule has 1 heterocycles. The largest absolute Gasteiger partial charge is 0.405 e. The van der Waals surface area contributed by atoms with Crippen LogP contribution < -0.4 is 0 Å². The zero-order chi connectivity index (χ0) is 10.2. The Bertz CT molecular complexity index is 287. The highest BCUT2D eigenvalue weighted by Crippen LogP contribution is 2.45. The van der Waals surface area contributed by atoms with Gasteiger partial charge in [-0.15, -0.1) is 11.3 Å². The van der Waals surface area contributed by atoms with Gasteiger partial charge in [0.25, 0.3) is 0 Å². The molecule has 1 aromatic rings. The fraction of sp³-hybridized carbons (Fsp3) is 0.333. The van der Waals surface area contributed by atoms with Crippen LogP contribution in [0.5, 0.6) is 0 Å². The summed E-state index contributed by atoms with van der Waals surface area (Å²) in [6.07, 6.45) is -4.25. The molecule has 0 N–H and O–H groups in total. The van der Waals surface area contributed by atoms with Crippen LogP contribution >= 0.6 is 59.1 Å². The highest BCUT2D eigenvalue weighted by molar-refractivity contribution is 9.13. The van der Waals surface area contributed by atoms with Gasteiger partial charge in [-0.25, -0.2) is 0 Å². The molecular formula is C6H2Br3F3S. The molecule has 1 unspecified atom stereocenters. The van der Waals surface area contributed by atoms with E-state index in [0.717, 1.165) is 11.3 Å². The van der Waals surface area contributed by atoms with Crippen LogP contribution in [0.4, 0.5) is 13.2 Å². The Kier molecular flexibility index (Phi) is 3.88. The summed E-state index contributed by atoms with van der Waals surface area (Å²) in [5.74, 6) is 0. The van der Waals surface area contributed by atoms with Gasteiger partial charge in [0, 0.05) is 9.35 Å². The Hall–Kier alpha value is 0.930. The summed E-state index contributed by atoms with van der Waals surface area (Å²) in [5, 5.41) is 0. The van der Waals surface area contributed by atoms with Gasteiger partial charge >= 0.3 is 6.18 Å². The average Bonchev–Trinajstić information content (AvgIpc) is 2.29. The topological polar surface area (TPSA) is 0 Å². The monoisotopic (exact) mass is 400 g/mol. The molecule has 1 aromatic heterocycles. The molecule has 0 aliphatic rings. The normalized spacial score (nSPS) is 14.6. The summed E-state index contributed by atoms with van der Waals surface area (Å²) in [6, 6.07) is 1.45. The first-order chi connectivity index (χ1) is 5.82. The minimum atomic E-state index is -4.25. The third-order valence-electron chi connectivity index (χ3n) is 1.20. The Morgan fingerprint density at radius 2 is 1.85 bits per heavy atom. The highest BCUT2D eigenvalue weighted by Gasteiger charge is 2.40. The highest BCUT2D eigenvalue weighted by atomic mass is 79.9. The predicted octanol–water partition coefficient (Wildman–Crippen LogP) is 5.27. The molecule has 0 spiro atoms. The van der Waals surface area contributed by atoms with Gasteiger partial charge in [0.2, 0.25) is 0 Å². The standard InChI is InChI=1S/C6H2Br3F3S/c7-2-1-3(13-5(2)9)4(8)6(10,11)12/h1,4H. The Morgan fingerprint density at radius 1 is 1.31 bits per heavy atom. The lowest BCUT2D eigenvalue weighted by Crippen LogP contribution is -2.13. The number of thiophene rings is 1. The van der Waals surface area contributed by atoms with Crippen molar-refractivity contribution in [3.8, 4) is 0 Å². The quantitative estimate of drug-likeness (QED) is 0.561. The van der Waals surface area contributed by atoms with Gasteiger partial charge in [0.1, 0.15) is 4.83 Å². The van der Waals surface area contributed by atoms with Crippen molar-refractivity contribution in [1.29, 1.82) is 0 Å². The third kappa shape index (κ3) is 2.94. The summed E-state index contributed by atoms with van der Waals surface area (Å²) in [5.41, 5.74) is 0. The van der Waals surface area contributed by atoms with Gasteiger partial charge in [-0.2, -0.15) is 13.2 Å². The minimum Gasteiger partial charge on any atom is -0.169 e. The molecule has 0 aliphatic carbocycles. The van der Waals surface area contributed by atoms with E-state index in [-0.39, 0.29) is 4.88 Å². The molecule has 0 bridgehead atoms. The summed E-state index contributed by atoms with van der Waals surface area (Å²) in [4.78, 5) is -1.36. The van der Waals surface area contributed by atoms with Crippen LogP contribution in [0, 0.1) is 0 Å². The molecule has 1 rings (SSSR count). The van der Waals surface area contributed by atoms with Crippen LogP contribution in [0.15, 0.2) is 14.3 Å². The average molecular weight is 403 g/mol. The van der Waals surface area contributed by atoms with Gasteiger partial charge in [-0.1, -0.05) is 15.9 Å². The predicted molar refractivity (Wildman–Crippen MR) is 57.4 cm³/mol. The molecule has 1 atom stereocenters. The van der Waals surface area contributed by atoms with E-state index in [2.05, 4.69) is 47.8 Å². The lowest BCUT2D eigenvalue weighted by molar-refractivity contribution is -0.127. The van der Waals surface area contributed by atoms with E-state index in [1.165, 1.54) is 6.07 Å². The van der Waals surface area contributed by atoms with E-state index >= 15 is 0 Å². The summed E-state index contributed by atoms with van der Waals surface area (Å²) in [7, 11) is 0. The van der Waals surface area contributed by atoms with Crippen LogP contribution in [0.1, 0.15) is 9.70 Å². The smallest absolute Gasteiger partial charge is 0.169 e. The van der Waals surface area contributed by atoms with Gasteiger partial charge in [0.15, 0.2) is 0 Å². The Morgan fingerprint density at radius 3 is 2.15 bits per heavy atom. The van der Waals surface area contributed by atoms with Crippen LogP contribution in [0.2, 0.25) is 0 Å². The van der Waals surface area contributed by atoms with Gasteiger partial charge in [0.05, 0.1) is 3.79 Å². The first-order valence-corrected chi connectivity index (χ1v) is 6.29. The molecule has 0 aromatic carbocycles. The zero-order valence-corrected chi connectivity index (χ0v) is 11.4. The van der Waals surface area contributed by atoms with Crippen LogP contribution in [0.3, 0.4) is 0 Å². The molecule has 13 heavy (non-hydrogen) atoms. The maximum Gasteiger partial charge on any atom is 0.405 e. The SMILES string of the molecule is FC(F)(F)C(Br)c1cc(Br)c(Br)s1. The lowest BCUT2D eigenvalue weighted by atomic mass is 10.3. The zero-order valence-electron chi connectivity index (χ0n) is 5.83. The van der Waals surface area contributed by atoms with Crippen molar-refractivity contribution in [3.63, 3.8) is 0 Å². The van der Waals surface area contributed by atoms with Gasteiger partial charge < -0.3 is 0 Å². The number of hydrogen-bond acceptors (Lipinski definition) is 1. The van der Waals surface area contributed by atoms with Crippen molar-refractivity contribution in [2.24, 2.45) is 0 Å². The van der Waals surface area contributed by atoms with Crippen molar-refractivity contribution in [3.05, 3.63) is 19.2 Å². The van der Waals surface area contributed by atoms with Crippen molar-refractivity contribution < 1.29 is 13.2 Å². The maximum atomic E-state index is 12.2. The molecule has 0 radical (unpaired) electrons. The summed E-state index contributed by atoms with van der Waals surface area (Å²) in [6.45, 7) is 0. The van der Waals surface area contributed by atoms with Crippen LogP contribution in [0.25, 0.3) is 0 Å². The fourth-order valence-corrected chi connectivity index (χ4v) is 3.16. The lowest BCUT2D eigenvalue weighted by Gasteiger charge is -2.11. The molecule has 0 amide bonds. The van der Waals surface area contributed by atoms with Gasteiger partial charge in [-0.05, 0) is 37.9 Å². The first-order valence-electron chi connectivity index (χ1n) is 2.98. The molecular weight excluding hydrogens is 401 g/mol. The summed E-state index contributed by atoms with van der Waals surface area (Å²) >= 11 is 9.91. The number of alkyl halides is 4. The minimum absolute atomic E-state index is 0.228. The molecule has 0 fully saturated rings. The van der Waals surface area contributed by atoms with E-state index in [1.54, 1.807) is 0 Å². The number of rotatable bonds is 1. The van der Waals surface area contributed by atoms with Crippen molar-refractivity contribution in [2.45, 2.75) is 11.0 Å². The van der Waals surface area contributed by atoms with Gasteiger partial charge in [-0.3, -0.25) is 0 Å². The molecule has 0 saturated heterocycles. The summed E-state index contributed by atoms with van der Waals surface area (Å²) < 4.78 is 37.9. The van der Waals surface area contributed by atoms with E-state index in [1.807, 2.05) is 0 Å². The van der Waals surface area contributed by atoms with E-state index in [4.69, 9.17) is 0 Å².